The second-order valence-electron chi connectivity index (χ2n) is 3.21. The second-order valence-corrected chi connectivity index (χ2v) is 3.21. The molecule has 0 unspecified atom stereocenters. The molecule has 1 rings (SSSR count). The Hall–Kier alpha value is -0.610. The molecule has 0 bridgehead atoms. The van der Waals surface area contributed by atoms with Crippen molar-refractivity contribution in [3.63, 3.8) is 0 Å². The molecule has 1 aliphatic heterocycles. The molecule has 0 aromatic carbocycles. The van der Waals surface area contributed by atoms with Gasteiger partial charge in [-0.3, -0.25) is 4.79 Å². The third-order valence-electron chi connectivity index (χ3n) is 2.18. The first-order valence-corrected chi connectivity index (χ1v) is 5.92. The van der Waals surface area contributed by atoms with Crippen LogP contribution in [0, 0.1) is 0 Å². The Bertz CT molecular complexity index is 162. The van der Waals surface area contributed by atoms with Gasteiger partial charge < -0.3 is 15.4 Å². The molecule has 15 heavy (non-hydrogen) atoms. The molecule has 0 aromatic heterocycles. The average Bonchev–Trinajstić information content (AvgIpc) is 2.31. The average molecular weight is 218 g/mol. The van der Waals surface area contributed by atoms with Crippen molar-refractivity contribution in [3.8, 4) is 0 Å². The van der Waals surface area contributed by atoms with Crippen molar-refractivity contribution >= 4 is 5.97 Å². The van der Waals surface area contributed by atoms with Crippen molar-refractivity contribution in [3.05, 3.63) is 0 Å². The van der Waals surface area contributed by atoms with Gasteiger partial charge in [0, 0.05) is 7.47 Å². The molecule has 1 aliphatic rings. The maximum absolute atomic E-state index is 11.0. The van der Waals surface area contributed by atoms with E-state index in [0.717, 1.165) is 25.9 Å². The van der Waals surface area contributed by atoms with Crippen molar-refractivity contribution in [2.24, 2.45) is 0 Å². The van der Waals surface area contributed by atoms with Gasteiger partial charge in [0.15, 0.2) is 0 Å². The number of carbonyl (C=O) groups excluding carboxylic acids is 1. The van der Waals surface area contributed by atoms with Crippen molar-refractivity contribution in [1.82, 2.24) is 10.6 Å². The highest BCUT2D eigenvalue weighted by Gasteiger charge is 2.13. The summed E-state index contributed by atoms with van der Waals surface area (Å²) in [7, 11) is 0. The third-order valence-corrected chi connectivity index (χ3v) is 2.18. The number of piperidine rings is 1. The quantitative estimate of drug-likeness (QED) is 0.695. The summed E-state index contributed by atoms with van der Waals surface area (Å²) in [6, 6.07) is 0.477. The summed E-state index contributed by atoms with van der Waals surface area (Å²) in [6.07, 6.45) is 2.19. The molecule has 4 heteroatoms. The fourth-order valence-electron chi connectivity index (χ4n) is 1.47. The number of nitrogens with one attached hydrogen (secondary N) is 2. The van der Waals surface area contributed by atoms with Crippen LogP contribution in [0.2, 0.25) is 0 Å². The largest absolute Gasteiger partial charge is 0.465 e. The van der Waals surface area contributed by atoms with Gasteiger partial charge in [-0.15, -0.1) is 0 Å². The summed E-state index contributed by atoms with van der Waals surface area (Å²) >= 11 is 0. The molecule has 0 atom stereocenters. The lowest BCUT2D eigenvalue weighted by Gasteiger charge is -2.23. The van der Waals surface area contributed by atoms with Crippen LogP contribution in [0.4, 0.5) is 0 Å². The van der Waals surface area contributed by atoms with Gasteiger partial charge in [-0.05, 0) is 32.9 Å². The van der Waals surface area contributed by atoms with Crippen LogP contribution in [-0.4, -0.2) is 38.3 Å². The standard InChI is InChI=1S/C9H18N2O2.C2H6.H2/c1-2-13-9(12)7-11-8-3-5-10-6-4-8;1-2;/h8,10-11H,2-7H2,1H3;1-2H3;1H. The Morgan fingerprint density at radius 1 is 1.47 bits per heavy atom. The Morgan fingerprint density at radius 3 is 2.60 bits per heavy atom. The van der Waals surface area contributed by atoms with Crippen LogP contribution in [0.1, 0.15) is 35.0 Å². The van der Waals surface area contributed by atoms with Gasteiger partial charge in [0.05, 0.1) is 13.2 Å². The topological polar surface area (TPSA) is 50.4 Å². The maximum Gasteiger partial charge on any atom is 0.319 e. The molecular weight excluding hydrogens is 192 g/mol. The summed E-state index contributed by atoms with van der Waals surface area (Å²) in [5.74, 6) is -0.152. The maximum atomic E-state index is 11.0. The highest BCUT2D eigenvalue weighted by molar-refractivity contribution is 5.71. The van der Waals surface area contributed by atoms with Crippen molar-refractivity contribution in [2.45, 2.75) is 39.7 Å². The summed E-state index contributed by atoms with van der Waals surface area (Å²) in [6.45, 7) is 8.72. The fourth-order valence-corrected chi connectivity index (χ4v) is 1.47. The van der Waals surface area contributed by atoms with Gasteiger partial charge in [0.1, 0.15) is 0 Å². The van der Waals surface area contributed by atoms with Gasteiger partial charge in [-0.2, -0.15) is 0 Å². The van der Waals surface area contributed by atoms with E-state index in [2.05, 4.69) is 10.6 Å². The Labute approximate surface area is 94.2 Å². The van der Waals surface area contributed by atoms with Gasteiger partial charge in [0.25, 0.3) is 0 Å². The molecule has 0 aliphatic carbocycles. The Kier molecular flexibility index (Phi) is 9.52. The van der Waals surface area contributed by atoms with Crippen molar-refractivity contribution < 1.29 is 11.0 Å². The molecular formula is C11H26N2O2. The summed E-state index contributed by atoms with van der Waals surface area (Å²) in [5, 5.41) is 6.46. The first kappa shape index (κ1) is 14.4. The van der Waals surface area contributed by atoms with Crippen LogP contribution in [0.3, 0.4) is 0 Å². The number of hydrogen-bond acceptors (Lipinski definition) is 4. The number of ether oxygens (including phenoxy) is 1. The highest BCUT2D eigenvalue weighted by Crippen LogP contribution is 2.00. The van der Waals surface area contributed by atoms with Crippen molar-refractivity contribution in [1.29, 1.82) is 0 Å². The molecule has 4 nitrogen and oxygen atoms in total. The molecule has 1 fully saturated rings. The lowest BCUT2D eigenvalue weighted by Crippen LogP contribution is -2.42. The van der Waals surface area contributed by atoms with E-state index in [1.165, 1.54) is 0 Å². The van der Waals surface area contributed by atoms with E-state index in [0.29, 0.717) is 19.2 Å². The van der Waals surface area contributed by atoms with E-state index >= 15 is 0 Å². The zero-order valence-corrected chi connectivity index (χ0v) is 10.1. The molecule has 0 aromatic rings. The minimum absolute atomic E-state index is 0. The molecule has 0 spiro atoms. The zero-order valence-electron chi connectivity index (χ0n) is 10.1. The Balaban J connectivity index is 0. The SMILES string of the molecule is CC.CCOC(=O)CNC1CCNCC1.[HH]. The monoisotopic (exact) mass is 218 g/mol. The number of carbonyl (C=O) groups is 1. The molecule has 0 saturated carbocycles. The van der Waals surface area contributed by atoms with Gasteiger partial charge in [-0.1, -0.05) is 13.8 Å². The van der Waals surface area contributed by atoms with E-state index in [-0.39, 0.29) is 7.40 Å². The predicted molar refractivity (Wildman–Crippen MR) is 64.0 cm³/mol. The lowest BCUT2D eigenvalue weighted by molar-refractivity contribution is -0.142. The molecule has 0 amide bonds. The van der Waals surface area contributed by atoms with Gasteiger partial charge in [0.2, 0.25) is 0 Å². The van der Waals surface area contributed by atoms with Crippen molar-refractivity contribution in [2.75, 3.05) is 26.2 Å². The van der Waals surface area contributed by atoms with Crippen LogP contribution in [0.25, 0.3) is 0 Å². The third kappa shape index (κ3) is 7.33. The smallest absolute Gasteiger partial charge is 0.319 e. The summed E-state index contributed by atoms with van der Waals surface area (Å²) < 4.78 is 4.82. The number of hydrogen-bond donors (Lipinski definition) is 2. The molecule has 92 valence electrons. The van der Waals surface area contributed by atoms with Crippen LogP contribution in [-0.2, 0) is 9.53 Å². The van der Waals surface area contributed by atoms with E-state index in [1.807, 2.05) is 20.8 Å². The highest BCUT2D eigenvalue weighted by atomic mass is 16.5. The van der Waals surface area contributed by atoms with E-state index < -0.39 is 0 Å². The lowest BCUT2D eigenvalue weighted by atomic mass is 10.1. The summed E-state index contributed by atoms with van der Waals surface area (Å²) in [4.78, 5) is 11.0. The molecule has 1 heterocycles. The van der Waals surface area contributed by atoms with Crippen LogP contribution in [0.5, 0.6) is 0 Å². The normalized spacial score (nSPS) is 16.5. The summed E-state index contributed by atoms with van der Waals surface area (Å²) in [5.41, 5.74) is 0. The van der Waals surface area contributed by atoms with Crippen LogP contribution >= 0.6 is 0 Å². The zero-order chi connectivity index (χ0) is 11.5. The first-order valence-electron chi connectivity index (χ1n) is 5.92. The molecule has 1 saturated heterocycles. The van der Waals surface area contributed by atoms with Gasteiger partial charge >= 0.3 is 5.97 Å². The van der Waals surface area contributed by atoms with Crippen LogP contribution in [0.15, 0.2) is 0 Å². The molecule has 0 radical (unpaired) electrons. The Morgan fingerprint density at radius 2 is 2.07 bits per heavy atom. The van der Waals surface area contributed by atoms with E-state index in [4.69, 9.17) is 4.74 Å². The van der Waals surface area contributed by atoms with E-state index in [1.54, 1.807) is 0 Å². The van der Waals surface area contributed by atoms with Crippen LogP contribution < -0.4 is 10.6 Å². The first-order chi connectivity index (χ1) is 7.33. The fraction of sp³-hybridized carbons (Fsp3) is 0.909. The minimum Gasteiger partial charge on any atom is -0.465 e. The van der Waals surface area contributed by atoms with E-state index in [9.17, 15) is 4.79 Å². The minimum atomic E-state index is -0.152. The van der Waals surface area contributed by atoms with Gasteiger partial charge in [-0.25, -0.2) is 0 Å². The second kappa shape index (κ2) is 9.93. The number of rotatable bonds is 4. The number of esters is 1. The molecule has 2 N–H and O–H groups in total. The predicted octanol–water partition coefficient (Wildman–Crippen LogP) is 1.16.